The van der Waals surface area contributed by atoms with Crippen molar-refractivity contribution in [3.05, 3.63) is 12.2 Å². The minimum Gasteiger partial charge on any atom is -0.481 e. The normalized spacial score (nSPS) is 12.9. The zero-order chi connectivity index (χ0) is 15.8. The molecule has 3 heteroatoms. The van der Waals surface area contributed by atoms with Crippen LogP contribution in [-0.4, -0.2) is 22.3 Å². The molecule has 2 N–H and O–H groups in total. The first-order valence-electron chi connectivity index (χ1n) is 8.71. The molecule has 1 atom stereocenters. The smallest absolute Gasteiger partial charge is 0.303 e. The SMILES string of the molecule is CCCCCC[C@H](O)C/C=C\CCCCCCCC(=O)O. The second kappa shape index (κ2) is 15.6. The molecule has 0 spiro atoms. The van der Waals surface area contributed by atoms with Crippen LogP contribution in [0.25, 0.3) is 0 Å². The van der Waals surface area contributed by atoms with E-state index in [2.05, 4.69) is 19.1 Å². The zero-order valence-corrected chi connectivity index (χ0v) is 13.7. The Hall–Kier alpha value is -0.830. The summed E-state index contributed by atoms with van der Waals surface area (Å²) < 4.78 is 0. The number of carbonyl (C=O) groups is 1. The molecule has 0 saturated carbocycles. The first-order chi connectivity index (χ1) is 10.2. The lowest BCUT2D eigenvalue weighted by Gasteiger charge is -2.07. The van der Waals surface area contributed by atoms with E-state index in [1.54, 1.807) is 0 Å². The van der Waals surface area contributed by atoms with E-state index in [1.165, 1.54) is 25.7 Å². The van der Waals surface area contributed by atoms with Gasteiger partial charge in [-0.3, -0.25) is 4.79 Å². The number of carboxylic acids is 1. The van der Waals surface area contributed by atoms with Crippen LogP contribution in [0, 0.1) is 0 Å². The Morgan fingerprint density at radius 2 is 1.62 bits per heavy atom. The summed E-state index contributed by atoms with van der Waals surface area (Å²) in [5.74, 6) is -0.689. The van der Waals surface area contributed by atoms with Crippen molar-refractivity contribution in [2.75, 3.05) is 0 Å². The van der Waals surface area contributed by atoms with Gasteiger partial charge in [-0.1, -0.05) is 64.0 Å². The van der Waals surface area contributed by atoms with Crippen LogP contribution >= 0.6 is 0 Å². The fraction of sp³-hybridized carbons (Fsp3) is 0.833. The first-order valence-corrected chi connectivity index (χ1v) is 8.71. The Morgan fingerprint density at radius 1 is 0.952 bits per heavy atom. The molecule has 3 nitrogen and oxygen atoms in total. The van der Waals surface area contributed by atoms with Crippen molar-refractivity contribution in [1.82, 2.24) is 0 Å². The van der Waals surface area contributed by atoms with E-state index >= 15 is 0 Å². The third kappa shape index (κ3) is 17.1. The summed E-state index contributed by atoms with van der Waals surface area (Å²) in [6.45, 7) is 2.20. The number of unbranched alkanes of at least 4 members (excludes halogenated alkanes) is 8. The van der Waals surface area contributed by atoms with Crippen molar-refractivity contribution >= 4 is 5.97 Å². The number of aliphatic hydroxyl groups is 1. The van der Waals surface area contributed by atoms with E-state index in [1.807, 2.05) is 0 Å². The highest BCUT2D eigenvalue weighted by Crippen LogP contribution is 2.10. The Labute approximate surface area is 130 Å². The average molecular weight is 298 g/mol. The van der Waals surface area contributed by atoms with Crippen LogP contribution in [-0.2, 0) is 4.79 Å². The van der Waals surface area contributed by atoms with Crippen molar-refractivity contribution in [2.45, 2.75) is 96.5 Å². The van der Waals surface area contributed by atoms with E-state index in [-0.39, 0.29) is 6.10 Å². The van der Waals surface area contributed by atoms with Gasteiger partial charge in [0.25, 0.3) is 0 Å². The number of aliphatic hydroxyl groups excluding tert-OH is 1. The molecule has 0 saturated heterocycles. The van der Waals surface area contributed by atoms with Gasteiger partial charge in [-0.15, -0.1) is 0 Å². The van der Waals surface area contributed by atoms with E-state index in [0.29, 0.717) is 6.42 Å². The maximum atomic E-state index is 10.3. The second-order valence-corrected chi connectivity index (χ2v) is 5.91. The van der Waals surface area contributed by atoms with Gasteiger partial charge in [-0.25, -0.2) is 0 Å². The Balaban J connectivity index is 3.26. The molecule has 0 heterocycles. The number of carboxylic acid groups (broad SMARTS) is 1. The van der Waals surface area contributed by atoms with E-state index in [4.69, 9.17) is 5.11 Å². The Kier molecular flexibility index (Phi) is 14.9. The van der Waals surface area contributed by atoms with Crippen LogP contribution in [0.1, 0.15) is 90.4 Å². The molecule has 0 unspecified atom stereocenters. The van der Waals surface area contributed by atoms with Gasteiger partial charge in [0.1, 0.15) is 0 Å². The summed E-state index contributed by atoms with van der Waals surface area (Å²) in [5.41, 5.74) is 0. The van der Waals surface area contributed by atoms with E-state index < -0.39 is 5.97 Å². The Morgan fingerprint density at radius 3 is 2.33 bits per heavy atom. The Bertz CT molecular complexity index is 261. The largest absolute Gasteiger partial charge is 0.481 e. The number of hydrogen-bond acceptors (Lipinski definition) is 2. The molecule has 0 aromatic heterocycles. The van der Waals surface area contributed by atoms with Gasteiger partial charge in [0.05, 0.1) is 6.10 Å². The molecule has 0 fully saturated rings. The lowest BCUT2D eigenvalue weighted by atomic mass is 10.1. The first kappa shape index (κ1) is 20.2. The molecule has 124 valence electrons. The maximum absolute atomic E-state index is 10.3. The van der Waals surface area contributed by atoms with Crippen LogP contribution in [0.2, 0.25) is 0 Å². The van der Waals surface area contributed by atoms with Gasteiger partial charge in [0.15, 0.2) is 0 Å². The monoisotopic (exact) mass is 298 g/mol. The summed E-state index contributed by atoms with van der Waals surface area (Å²) in [6, 6.07) is 0. The molecule has 0 aromatic carbocycles. The van der Waals surface area contributed by atoms with Gasteiger partial charge in [-0.05, 0) is 32.1 Å². The van der Waals surface area contributed by atoms with Crippen LogP contribution in [0.15, 0.2) is 12.2 Å². The average Bonchev–Trinajstić information content (AvgIpc) is 2.45. The maximum Gasteiger partial charge on any atom is 0.303 e. The summed E-state index contributed by atoms with van der Waals surface area (Å²) in [7, 11) is 0. The minimum atomic E-state index is -0.689. The fourth-order valence-electron chi connectivity index (χ4n) is 2.36. The third-order valence-corrected chi connectivity index (χ3v) is 3.73. The van der Waals surface area contributed by atoms with Crippen molar-refractivity contribution in [2.24, 2.45) is 0 Å². The molecule has 0 aliphatic carbocycles. The molecule has 0 aromatic rings. The lowest BCUT2D eigenvalue weighted by Crippen LogP contribution is -2.04. The van der Waals surface area contributed by atoms with Gasteiger partial charge in [0.2, 0.25) is 0 Å². The van der Waals surface area contributed by atoms with E-state index in [9.17, 15) is 9.90 Å². The third-order valence-electron chi connectivity index (χ3n) is 3.73. The predicted octanol–water partition coefficient (Wildman–Crippen LogP) is 5.08. The van der Waals surface area contributed by atoms with Crippen LogP contribution in [0.4, 0.5) is 0 Å². The van der Waals surface area contributed by atoms with Crippen molar-refractivity contribution < 1.29 is 15.0 Å². The van der Waals surface area contributed by atoms with E-state index in [0.717, 1.165) is 51.4 Å². The highest BCUT2D eigenvalue weighted by atomic mass is 16.4. The molecule has 0 bridgehead atoms. The van der Waals surface area contributed by atoms with Gasteiger partial charge < -0.3 is 10.2 Å². The summed E-state index contributed by atoms with van der Waals surface area (Å²) in [6.07, 6.45) is 17.4. The van der Waals surface area contributed by atoms with Gasteiger partial charge >= 0.3 is 5.97 Å². The second-order valence-electron chi connectivity index (χ2n) is 5.91. The fourth-order valence-corrected chi connectivity index (χ4v) is 2.36. The predicted molar refractivity (Wildman–Crippen MR) is 88.5 cm³/mol. The number of hydrogen-bond donors (Lipinski definition) is 2. The standard InChI is InChI=1S/C18H34O3/c1-2-3-4-11-14-17(19)15-12-9-7-5-6-8-10-13-16-18(20)21/h9,12,17,19H,2-8,10-11,13-16H2,1H3,(H,20,21)/b12-9-/t17-/m0/s1. The molecule has 0 amide bonds. The molecule has 0 aliphatic heterocycles. The highest BCUT2D eigenvalue weighted by molar-refractivity contribution is 5.66. The molecular weight excluding hydrogens is 264 g/mol. The van der Waals surface area contributed by atoms with Gasteiger partial charge in [-0.2, -0.15) is 0 Å². The minimum absolute atomic E-state index is 0.172. The van der Waals surface area contributed by atoms with Crippen molar-refractivity contribution in [3.8, 4) is 0 Å². The summed E-state index contributed by atoms with van der Waals surface area (Å²) in [4.78, 5) is 10.3. The number of allylic oxidation sites excluding steroid dienone is 1. The van der Waals surface area contributed by atoms with Crippen LogP contribution in [0.3, 0.4) is 0 Å². The summed E-state index contributed by atoms with van der Waals surface area (Å²) in [5, 5.41) is 18.3. The zero-order valence-electron chi connectivity index (χ0n) is 13.7. The quantitative estimate of drug-likeness (QED) is 0.327. The number of rotatable bonds is 15. The molecule has 0 aliphatic rings. The lowest BCUT2D eigenvalue weighted by molar-refractivity contribution is -0.137. The van der Waals surface area contributed by atoms with Crippen molar-refractivity contribution in [3.63, 3.8) is 0 Å². The number of aliphatic carboxylic acids is 1. The molecular formula is C18H34O3. The summed E-state index contributed by atoms with van der Waals surface area (Å²) >= 11 is 0. The van der Waals surface area contributed by atoms with Crippen molar-refractivity contribution in [1.29, 1.82) is 0 Å². The topological polar surface area (TPSA) is 57.5 Å². The molecule has 0 radical (unpaired) electrons. The highest BCUT2D eigenvalue weighted by Gasteiger charge is 2.00. The van der Waals surface area contributed by atoms with Crippen LogP contribution < -0.4 is 0 Å². The molecule has 21 heavy (non-hydrogen) atoms. The van der Waals surface area contributed by atoms with Crippen LogP contribution in [0.5, 0.6) is 0 Å². The molecule has 0 rings (SSSR count). The van der Waals surface area contributed by atoms with Gasteiger partial charge in [0, 0.05) is 6.42 Å².